The molecule has 1 aromatic carbocycles. The van der Waals surface area contributed by atoms with Crippen LogP contribution in [0.1, 0.15) is 72.3 Å². The Morgan fingerprint density at radius 1 is 1.07 bits per heavy atom. The summed E-state index contributed by atoms with van der Waals surface area (Å²) in [6.45, 7) is 15.3. The molecule has 3 aliphatic rings. The molecule has 0 aromatic heterocycles. The predicted molar refractivity (Wildman–Crippen MR) is 117 cm³/mol. The van der Waals surface area contributed by atoms with E-state index < -0.39 is 0 Å². The second-order valence-corrected chi connectivity index (χ2v) is 10.7. The second-order valence-electron chi connectivity index (χ2n) is 10.7. The minimum absolute atomic E-state index is 0.372. The summed E-state index contributed by atoms with van der Waals surface area (Å²) in [5, 5.41) is 9.73. The van der Waals surface area contributed by atoms with Crippen molar-refractivity contribution in [3.63, 3.8) is 0 Å². The van der Waals surface area contributed by atoms with Gasteiger partial charge in [-0.1, -0.05) is 39.8 Å². The fraction of sp³-hybridized carbons (Fsp3) is 0.769. The van der Waals surface area contributed by atoms with Crippen molar-refractivity contribution in [3.05, 3.63) is 29.8 Å². The lowest BCUT2D eigenvalue weighted by molar-refractivity contribution is -0.193. The first-order valence-electron chi connectivity index (χ1n) is 11.8. The quantitative estimate of drug-likeness (QED) is 0.661. The van der Waals surface area contributed by atoms with Crippen LogP contribution in [-0.4, -0.2) is 29.1 Å². The van der Waals surface area contributed by atoms with Gasteiger partial charge < -0.3 is 5.11 Å². The number of piperidine rings is 1. The van der Waals surface area contributed by atoms with Crippen molar-refractivity contribution >= 4 is 0 Å². The van der Waals surface area contributed by atoms with E-state index in [0.29, 0.717) is 28.5 Å². The fourth-order valence-electron chi connectivity index (χ4n) is 7.38. The molecule has 1 aliphatic heterocycles. The van der Waals surface area contributed by atoms with Crippen molar-refractivity contribution in [3.8, 4) is 5.75 Å². The van der Waals surface area contributed by atoms with Crippen LogP contribution in [0.15, 0.2) is 24.3 Å². The largest absolute Gasteiger partial charge is 0.508 e. The first kappa shape index (κ1) is 20.3. The van der Waals surface area contributed by atoms with E-state index in [9.17, 15) is 5.11 Å². The zero-order chi connectivity index (χ0) is 20.1. The van der Waals surface area contributed by atoms with Gasteiger partial charge in [-0.05, 0) is 97.6 Å². The normalized spacial score (nSPS) is 41.6. The highest BCUT2D eigenvalue weighted by Crippen LogP contribution is 2.65. The lowest BCUT2D eigenvalue weighted by Gasteiger charge is -2.68. The zero-order valence-corrected chi connectivity index (χ0v) is 18.7. The van der Waals surface area contributed by atoms with Crippen LogP contribution < -0.4 is 0 Å². The van der Waals surface area contributed by atoms with Crippen LogP contribution in [0.5, 0.6) is 5.75 Å². The Bertz CT molecular complexity index is 680. The summed E-state index contributed by atoms with van der Waals surface area (Å²) in [5.41, 5.74) is 2.19. The van der Waals surface area contributed by atoms with Gasteiger partial charge >= 0.3 is 0 Å². The molecule has 2 heteroatoms. The summed E-state index contributed by atoms with van der Waals surface area (Å²) in [6.07, 6.45) is 8.10. The van der Waals surface area contributed by atoms with Crippen molar-refractivity contribution in [1.29, 1.82) is 0 Å². The summed E-state index contributed by atoms with van der Waals surface area (Å²) in [4.78, 5) is 2.89. The van der Waals surface area contributed by atoms with Gasteiger partial charge in [0.25, 0.3) is 0 Å². The van der Waals surface area contributed by atoms with Gasteiger partial charge in [0.2, 0.25) is 0 Å². The Morgan fingerprint density at radius 3 is 2.36 bits per heavy atom. The molecule has 28 heavy (non-hydrogen) atoms. The summed E-state index contributed by atoms with van der Waals surface area (Å²) < 4.78 is 0. The van der Waals surface area contributed by atoms with Gasteiger partial charge in [-0.2, -0.15) is 0 Å². The molecule has 1 N–H and O–H groups in total. The van der Waals surface area contributed by atoms with E-state index >= 15 is 0 Å². The van der Waals surface area contributed by atoms with Gasteiger partial charge in [-0.25, -0.2) is 0 Å². The van der Waals surface area contributed by atoms with Crippen molar-refractivity contribution in [1.82, 2.24) is 4.90 Å². The molecule has 1 heterocycles. The summed E-state index contributed by atoms with van der Waals surface area (Å²) in [6, 6.07) is 8.71. The lowest BCUT2D eigenvalue weighted by atomic mass is 9.41. The molecular formula is C26H41NO. The van der Waals surface area contributed by atoms with Crippen molar-refractivity contribution < 1.29 is 5.11 Å². The van der Waals surface area contributed by atoms with E-state index in [-0.39, 0.29) is 0 Å². The number of likely N-dealkylation sites (tertiary alicyclic amines) is 1. The molecule has 6 unspecified atom stereocenters. The second kappa shape index (κ2) is 7.35. The molecule has 2 saturated carbocycles. The molecular weight excluding hydrogens is 342 g/mol. The highest BCUT2D eigenvalue weighted by atomic mass is 16.3. The van der Waals surface area contributed by atoms with Crippen molar-refractivity contribution in [2.24, 2.45) is 34.5 Å². The molecule has 0 amide bonds. The third-order valence-corrected chi connectivity index (χ3v) is 9.81. The number of hydrogen-bond acceptors (Lipinski definition) is 2. The number of hydrogen-bond donors (Lipinski definition) is 1. The van der Waals surface area contributed by atoms with E-state index in [1.54, 1.807) is 0 Å². The number of nitrogens with zero attached hydrogens (tertiary/aromatic N) is 1. The average molecular weight is 384 g/mol. The number of benzene rings is 1. The molecule has 156 valence electrons. The van der Waals surface area contributed by atoms with Gasteiger partial charge in [0.15, 0.2) is 0 Å². The molecule has 0 spiro atoms. The van der Waals surface area contributed by atoms with Gasteiger partial charge in [0.1, 0.15) is 5.75 Å². The average Bonchev–Trinajstić information content (AvgIpc) is 3.50. The minimum atomic E-state index is 0.372. The Labute approximate surface area is 172 Å². The minimum Gasteiger partial charge on any atom is -0.508 e. The SMILES string of the molecule is CCC12CCC(C)C(C)C1(C)C(Cc1ccc(O)cc1)CN(CC1CC1)C2C. The van der Waals surface area contributed by atoms with Crippen LogP contribution in [0.25, 0.3) is 0 Å². The topological polar surface area (TPSA) is 23.5 Å². The highest BCUT2D eigenvalue weighted by Gasteiger charge is 2.63. The van der Waals surface area contributed by atoms with Crippen LogP contribution in [0.3, 0.4) is 0 Å². The van der Waals surface area contributed by atoms with E-state index in [0.717, 1.165) is 24.2 Å². The third kappa shape index (κ3) is 3.11. The van der Waals surface area contributed by atoms with Gasteiger partial charge in [0.05, 0.1) is 0 Å². The Balaban J connectivity index is 1.72. The predicted octanol–water partition coefficient (Wildman–Crippen LogP) is 6.13. The molecule has 3 fully saturated rings. The first-order chi connectivity index (χ1) is 13.3. The van der Waals surface area contributed by atoms with E-state index in [1.165, 1.54) is 50.8 Å². The molecule has 0 bridgehead atoms. The number of fused-ring (bicyclic) bond motifs is 1. The Kier molecular flexibility index (Phi) is 5.31. The molecule has 4 rings (SSSR count). The highest BCUT2D eigenvalue weighted by molar-refractivity contribution is 5.27. The number of rotatable bonds is 5. The molecule has 6 atom stereocenters. The third-order valence-electron chi connectivity index (χ3n) is 9.81. The molecule has 1 aromatic rings. The van der Waals surface area contributed by atoms with Crippen LogP contribution in [0.4, 0.5) is 0 Å². The first-order valence-corrected chi connectivity index (χ1v) is 11.8. The van der Waals surface area contributed by atoms with Crippen molar-refractivity contribution in [2.75, 3.05) is 13.1 Å². The number of phenolic OH excluding ortho intramolecular Hbond substituents is 1. The van der Waals surface area contributed by atoms with Crippen LogP contribution in [0, 0.1) is 34.5 Å². The van der Waals surface area contributed by atoms with Crippen LogP contribution >= 0.6 is 0 Å². The molecule has 0 radical (unpaired) electrons. The maximum Gasteiger partial charge on any atom is 0.115 e. The lowest BCUT2D eigenvalue weighted by Crippen LogP contribution is -2.68. The number of aromatic hydroxyl groups is 1. The number of phenols is 1. The summed E-state index contributed by atoms with van der Waals surface area (Å²) in [5.74, 6) is 3.59. The summed E-state index contributed by atoms with van der Waals surface area (Å²) in [7, 11) is 0. The Morgan fingerprint density at radius 2 is 1.75 bits per heavy atom. The van der Waals surface area contributed by atoms with E-state index in [1.807, 2.05) is 12.1 Å². The molecule has 2 nitrogen and oxygen atoms in total. The van der Waals surface area contributed by atoms with Gasteiger partial charge in [0, 0.05) is 19.1 Å². The van der Waals surface area contributed by atoms with Gasteiger partial charge in [-0.15, -0.1) is 0 Å². The molecule has 1 saturated heterocycles. The smallest absolute Gasteiger partial charge is 0.115 e. The van der Waals surface area contributed by atoms with Crippen LogP contribution in [0.2, 0.25) is 0 Å². The van der Waals surface area contributed by atoms with E-state index in [4.69, 9.17) is 0 Å². The standard InChI is InChI=1S/C26H41NO/c1-6-26-14-13-18(2)19(3)25(26,5)23(15-21-9-11-24(28)12-10-21)17-27(20(26)4)16-22-7-8-22/h9-12,18-20,22-23,28H,6-8,13-17H2,1-5H3. The molecule has 2 aliphatic carbocycles. The fourth-order valence-corrected chi connectivity index (χ4v) is 7.38. The van der Waals surface area contributed by atoms with E-state index in [2.05, 4.69) is 51.7 Å². The van der Waals surface area contributed by atoms with Crippen molar-refractivity contribution in [2.45, 2.75) is 79.2 Å². The monoisotopic (exact) mass is 383 g/mol. The maximum atomic E-state index is 9.73. The Hall–Kier alpha value is -1.02. The zero-order valence-electron chi connectivity index (χ0n) is 18.7. The van der Waals surface area contributed by atoms with Crippen LogP contribution in [-0.2, 0) is 6.42 Å². The van der Waals surface area contributed by atoms with Gasteiger partial charge in [-0.3, -0.25) is 4.90 Å². The maximum absolute atomic E-state index is 9.73. The summed E-state index contributed by atoms with van der Waals surface area (Å²) >= 11 is 0.